The van der Waals surface area contributed by atoms with Crippen molar-refractivity contribution in [3.05, 3.63) is 12.2 Å². The van der Waals surface area contributed by atoms with Gasteiger partial charge >= 0.3 is 0 Å². The minimum atomic E-state index is -2.17. The third kappa shape index (κ3) is 3.53. The van der Waals surface area contributed by atoms with Gasteiger partial charge < -0.3 is 4.43 Å². The van der Waals surface area contributed by atoms with Gasteiger partial charge in [-0.3, -0.25) is 19.3 Å². The summed E-state index contributed by atoms with van der Waals surface area (Å²) in [6.45, 7) is 23.9. The highest BCUT2D eigenvalue weighted by atomic mass is 28.4. The van der Waals surface area contributed by atoms with Crippen LogP contribution in [-0.2, 0) is 18.8 Å². The molecule has 3 aliphatic rings. The molecule has 3 rings (SSSR count). The van der Waals surface area contributed by atoms with Gasteiger partial charge in [0.25, 0.3) is 0 Å². The topological polar surface area (TPSA) is 63.7 Å². The molecule has 2 aliphatic carbocycles. The fourth-order valence-corrected chi connectivity index (χ4v) is 13.0. The summed E-state index contributed by atoms with van der Waals surface area (Å²) in [7, 11) is -2.17. The number of hydrogen-bond acceptors (Lipinski definition) is 4. The number of imide groups is 1. The van der Waals surface area contributed by atoms with Gasteiger partial charge in [0.05, 0.1) is 16.9 Å². The summed E-state index contributed by atoms with van der Waals surface area (Å²) in [6, 6.07) is -0.237. The van der Waals surface area contributed by atoms with Crippen molar-refractivity contribution in [2.45, 2.75) is 112 Å². The van der Waals surface area contributed by atoms with E-state index in [1.807, 2.05) is 32.9 Å². The van der Waals surface area contributed by atoms with Crippen LogP contribution in [0.1, 0.15) is 89.0 Å². The number of hydrogen-bond donors (Lipinski definition) is 0. The molecule has 2 fully saturated rings. The molecule has 5 nitrogen and oxygen atoms in total. The highest BCUT2D eigenvalue weighted by molar-refractivity contribution is 6.77. The Balaban J connectivity index is 1.98. The van der Waals surface area contributed by atoms with E-state index in [0.29, 0.717) is 36.1 Å². The van der Waals surface area contributed by atoms with Crippen LogP contribution in [0.4, 0.5) is 0 Å². The molecule has 0 aromatic carbocycles. The number of carbonyl (C=O) groups is 3. The average Bonchev–Trinajstić information content (AvgIpc) is 3.04. The molecule has 0 spiro atoms. The van der Waals surface area contributed by atoms with Gasteiger partial charge in [-0.1, -0.05) is 81.4 Å². The Morgan fingerprint density at radius 2 is 1.59 bits per heavy atom. The molecule has 2 bridgehead atoms. The Bertz CT molecular complexity index is 869. The molecular formula is C28H47NO4Si. The van der Waals surface area contributed by atoms with Gasteiger partial charge in [-0.25, -0.2) is 0 Å². The lowest BCUT2D eigenvalue weighted by Crippen LogP contribution is -2.57. The standard InChI is InChI=1S/C28H47NO4Si/c1-17(2)34(18(3)4,19(5)6)33-16-21-20(7)22(30)12-14-27(21,10)24(31)29-23-13-15-28(11,25(29)32)26(23,8)9/h13,15,17-21,23H,12,14,16H2,1-11H3/t20-,21-,23-,27+,28-/m0/s1. The Morgan fingerprint density at radius 3 is 2.03 bits per heavy atom. The number of amides is 2. The van der Waals surface area contributed by atoms with Gasteiger partial charge in [-0.15, -0.1) is 0 Å². The molecule has 5 atom stereocenters. The zero-order valence-electron chi connectivity index (χ0n) is 23.3. The molecule has 0 radical (unpaired) electrons. The van der Waals surface area contributed by atoms with E-state index < -0.39 is 19.1 Å². The zero-order valence-corrected chi connectivity index (χ0v) is 24.3. The monoisotopic (exact) mass is 489 g/mol. The molecule has 0 unspecified atom stereocenters. The second kappa shape index (κ2) is 8.69. The van der Waals surface area contributed by atoms with Gasteiger partial charge in [-0.2, -0.15) is 0 Å². The van der Waals surface area contributed by atoms with Crippen LogP contribution in [0.3, 0.4) is 0 Å². The minimum absolute atomic E-state index is 0.101. The molecule has 0 N–H and O–H groups in total. The Hall–Kier alpha value is -1.27. The van der Waals surface area contributed by atoms with Gasteiger partial charge in [0, 0.05) is 30.3 Å². The Kier molecular flexibility index (Phi) is 6.98. The molecule has 192 valence electrons. The van der Waals surface area contributed by atoms with E-state index in [9.17, 15) is 14.4 Å². The van der Waals surface area contributed by atoms with Gasteiger partial charge in [0.2, 0.25) is 11.8 Å². The van der Waals surface area contributed by atoms with Crippen LogP contribution >= 0.6 is 0 Å². The predicted molar refractivity (Wildman–Crippen MR) is 139 cm³/mol. The molecule has 1 heterocycles. The highest BCUT2D eigenvalue weighted by Gasteiger charge is 2.66. The lowest BCUT2D eigenvalue weighted by molar-refractivity contribution is -0.160. The summed E-state index contributed by atoms with van der Waals surface area (Å²) in [5, 5.41) is 0. The van der Waals surface area contributed by atoms with E-state index in [0.717, 1.165) is 0 Å². The Morgan fingerprint density at radius 1 is 1.06 bits per heavy atom. The first-order valence-electron chi connectivity index (χ1n) is 13.2. The van der Waals surface area contributed by atoms with Crippen LogP contribution in [0.25, 0.3) is 0 Å². The fraction of sp³-hybridized carbons (Fsp3) is 0.821. The molecule has 0 aromatic rings. The second-order valence-electron chi connectivity index (χ2n) is 13.1. The number of carbonyl (C=O) groups excluding carboxylic acids is 3. The third-order valence-corrected chi connectivity index (χ3v) is 16.5. The van der Waals surface area contributed by atoms with Crippen molar-refractivity contribution >= 4 is 25.9 Å². The van der Waals surface area contributed by atoms with E-state index in [-0.39, 0.29) is 40.9 Å². The summed E-state index contributed by atoms with van der Waals surface area (Å²) >= 11 is 0. The van der Waals surface area contributed by atoms with E-state index in [1.54, 1.807) is 0 Å². The van der Waals surface area contributed by atoms with Gasteiger partial charge in [-0.05, 0) is 30.0 Å². The van der Waals surface area contributed by atoms with Gasteiger partial charge in [0.15, 0.2) is 8.32 Å². The minimum Gasteiger partial charge on any atom is -0.416 e. The van der Waals surface area contributed by atoms with Gasteiger partial charge in [0.1, 0.15) is 5.78 Å². The largest absolute Gasteiger partial charge is 0.416 e. The average molecular weight is 490 g/mol. The molecule has 1 aliphatic heterocycles. The van der Waals surface area contributed by atoms with Crippen molar-refractivity contribution < 1.29 is 18.8 Å². The number of likely N-dealkylation sites (tertiary alicyclic amines) is 1. The first-order chi connectivity index (χ1) is 15.5. The first-order valence-corrected chi connectivity index (χ1v) is 15.4. The summed E-state index contributed by atoms with van der Waals surface area (Å²) in [4.78, 5) is 42.2. The number of Topliss-reactive ketones (excluding diaryl/α,β-unsaturated/α-hetero) is 1. The summed E-state index contributed by atoms with van der Waals surface area (Å²) in [6.07, 6.45) is 4.86. The van der Waals surface area contributed by atoms with Crippen LogP contribution in [0, 0.1) is 28.1 Å². The van der Waals surface area contributed by atoms with Crippen LogP contribution in [-0.4, -0.2) is 43.5 Å². The summed E-state index contributed by atoms with van der Waals surface area (Å²) in [5.41, 5.74) is -0.546. The van der Waals surface area contributed by atoms with Crippen LogP contribution in [0.2, 0.25) is 16.6 Å². The summed E-state index contributed by atoms with van der Waals surface area (Å²) < 4.78 is 6.95. The van der Waals surface area contributed by atoms with Crippen molar-refractivity contribution in [3.8, 4) is 0 Å². The quantitative estimate of drug-likeness (QED) is 0.245. The SMILES string of the molecule is CC(C)[Si](OC[C@H]1[C@H](C)C(=O)CC[C@@]1(C)C(=O)N1C(=O)[C@]2(C)C=C[C@H]1C2(C)C)(C(C)C)C(C)C. The van der Waals surface area contributed by atoms with Crippen molar-refractivity contribution in [3.63, 3.8) is 0 Å². The van der Waals surface area contributed by atoms with Crippen molar-refractivity contribution in [2.75, 3.05) is 6.61 Å². The maximum absolute atomic E-state index is 14.3. The fourth-order valence-electron chi connectivity index (χ4n) is 7.57. The van der Waals surface area contributed by atoms with Crippen LogP contribution in [0.5, 0.6) is 0 Å². The van der Waals surface area contributed by atoms with Crippen molar-refractivity contribution in [1.29, 1.82) is 0 Å². The maximum Gasteiger partial charge on any atom is 0.240 e. The van der Waals surface area contributed by atoms with E-state index in [4.69, 9.17) is 4.43 Å². The van der Waals surface area contributed by atoms with Crippen LogP contribution in [0.15, 0.2) is 12.2 Å². The molecule has 2 amide bonds. The summed E-state index contributed by atoms with van der Waals surface area (Å²) in [5.74, 6) is -0.532. The normalized spacial score (nSPS) is 35.4. The highest BCUT2D eigenvalue weighted by Crippen LogP contribution is 2.58. The maximum atomic E-state index is 14.3. The molecule has 34 heavy (non-hydrogen) atoms. The number of fused-ring (bicyclic) bond motifs is 2. The number of ketones is 1. The molecule has 0 aromatic heterocycles. The first kappa shape index (κ1) is 27.3. The molecular weight excluding hydrogens is 442 g/mol. The zero-order chi connectivity index (χ0) is 26.0. The van der Waals surface area contributed by atoms with Crippen LogP contribution < -0.4 is 0 Å². The Labute approximate surface area is 208 Å². The molecule has 6 heteroatoms. The second-order valence-corrected chi connectivity index (χ2v) is 18.6. The lowest BCUT2D eigenvalue weighted by atomic mass is 9.62. The van der Waals surface area contributed by atoms with Crippen molar-refractivity contribution in [1.82, 2.24) is 4.90 Å². The van der Waals surface area contributed by atoms with E-state index >= 15 is 0 Å². The van der Waals surface area contributed by atoms with Crippen molar-refractivity contribution in [2.24, 2.45) is 28.1 Å². The number of rotatable bonds is 7. The smallest absolute Gasteiger partial charge is 0.240 e. The third-order valence-electron chi connectivity index (χ3n) is 10.4. The van der Waals surface area contributed by atoms with E-state index in [2.05, 4.69) is 55.4 Å². The molecule has 1 saturated heterocycles. The number of nitrogens with zero attached hydrogens (tertiary/aromatic N) is 1. The van der Waals surface area contributed by atoms with E-state index in [1.165, 1.54) is 4.90 Å². The molecule has 1 saturated carbocycles. The lowest BCUT2D eigenvalue weighted by Gasteiger charge is -2.48. The predicted octanol–water partition coefficient (Wildman–Crippen LogP) is 6.14.